The molecule has 0 saturated carbocycles. The van der Waals surface area contributed by atoms with Crippen molar-refractivity contribution in [2.24, 2.45) is 13.0 Å². The first-order valence-corrected chi connectivity index (χ1v) is 11.1. The van der Waals surface area contributed by atoms with Crippen LogP contribution < -0.4 is 5.32 Å². The Balaban J connectivity index is 1.55. The predicted octanol–water partition coefficient (Wildman–Crippen LogP) is 1.57. The summed E-state index contributed by atoms with van der Waals surface area (Å²) in [7, 11) is -1.09. The molecule has 11 heteroatoms. The number of thioether (sulfide) groups is 1. The molecule has 3 heterocycles. The molecule has 8 nitrogen and oxygen atoms in total. The van der Waals surface area contributed by atoms with Crippen LogP contribution in [0.25, 0.3) is 0 Å². The first kappa shape index (κ1) is 19.1. The van der Waals surface area contributed by atoms with Crippen molar-refractivity contribution in [3.8, 4) is 0 Å². The van der Waals surface area contributed by atoms with Crippen molar-refractivity contribution in [2.45, 2.75) is 18.0 Å². The van der Waals surface area contributed by atoms with Gasteiger partial charge in [0.05, 0.1) is 22.9 Å². The van der Waals surface area contributed by atoms with E-state index >= 15 is 0 Å². The van der Waals surface area contributed by atoms with E-state index in [1.54, 1.807) is 22.9 Å². The first-order chi connectivity index (χ1) is 12.3. The van der Waals surface area contributed by atoms with Gasteiger partial charge in [0.25, 0.3) is 0 Å². The van der Waals surface area contributed by atoms with Crippen LogP contribution in [0.4, 0.5) is 5.69 Å². The molecule has 1 saturated heterocycles. The lowest BCUT2D eigenvalue weighted by Crippen LogP contribution is -2.15. The number of hydrogen-bond acceptors (Lipinski definition) is 7. The molecule has 0 unspecified atom stereocenters. The molecule has 0 aromatic carbocycles. The number of hydrogen-bond donors (Lipinski definition) is 1. The lowest BCUT2D eigenvalue weighted by atomic mass is 10.1. The summed E-state index contributed by atoms with van der Waals surface area (Å²) in [4.78, 5) is 16.0. The second kappa shape index (κ2) is 7.93. The van der Waals surface area contributed by atoms with Gasteiger partial charge in [-0.1, -0.05) is 23.4 Å². The summed E-state index contributed by atoms with van der Waals surface area (Å²) in [5.41, 5.74) is 0.459. The van der Waals surface area contributed by atoms with E-state index in [0.717, 1.165) is 5.82 Å². The fraction of sp³-hybridized carbons (Fsp3) is 0.467. The van der Waals surface area contributed by atoms with Gasteiger partial charge in [-0.2, -0.15) is 0 Å². The smallest absolute Gasteiger partial charge is 0.234 e. The van der Waals surface area contributed by atoms with Crippen LogP contribution in [0.2, 0.25) is 5.15 Å². The van der Waals surface area contributed by atoms with E-state index in [1.165, 1.54) is 11.8 Å². The highest BCUT2D eigenvalue weighted by molar-refractivity contribution is 7.99. The highest BCUT2D eigenvalue weighted by Crippen LogP contribution is 2.24. The van der Waals surface area contributed by atoms with Gasteiger partial charge in [0, 0.05) is 19.7 Å². The van der Waals surface area contributed by atoms with Gasteiger partial charge in [0.1, 0.15) is 5.82 Å². The summed E-state index contributed by atoms with van der Waals surface area (Å²) in [5.74, 6) is 1.18. The van der Waals surface area contributed by atoms with E-state index < -0.39 is 9.84 Å². The molecule has 2 aromatic heterocycles. The third kappa shape index (κ3) is 4.74. The summed E-state index contributed by atoms with van der Waals surface area (Å²) >= 11 is 7.17. The van der Waals surface area contributed by atoms with Gasteiger partial charge in [-0.3, -0.25) is 4.79 Å². The fourth-order valence-corrected chi connectivity index (χ4v) is 5.49. The number of halogens is 1. The van der Waals surface area contributed by atoms with E-state index in [2.05, 4.69) is 20.5 Å². The molecule has 1 aliphatic rings. The Labute approximate surface area is 160 Å². The van der Waals surface area contributed by atoms with Gasteiger partial charge in [0.15, 0.2) is 20.1 Å². The van der Waals surface area contributed by atoms with Crippen LogP contribution in [-0.4, -0.2) is 51.3 Å². The van der Waals surface area contributed by atoms with E-state index in [4.69, 9.17) is 11.6 Å². The summed E-state index contributed by atoms with van der Waals surface area (Å²) in [6.07, 6.45) is 2.77. The highest BCUT2D eigenvalue weighted by Gasteiger charge is 2.29. The molecule has 1 N–H and O–H groups in total. The zero-order valence-electron chi connectivity index (χ0n) is 14.1. The topological polar surface area (TPSA) is 107 Å². The lowest BCUT2D eigenvalue weighted by Gasteiger charge is -2.08. The Morgan fingerprint density at radius 3 is 2.96 bits per heavy atom. The number of anilines is 1. The number of pyridine rings is 1. The molecule has 0 bridgehead atoms. The Kier molecular flexibility index (Phi) is 5.83. The molecule has 3 rings (SSSR count). The Morgan fingerprint density at radius 2 is 2.27 bits per heavy atom. The standard InChI is InChI=1S/C15H18ClN5O3S2/c1-21-12(7-10-4-6-26(23,24)9-10)19-20-15(21)25-8-13(22)18-11-3-2-5-17-14(11)16/h2-3,5,10H,4,6-9H2,1H3,(H,18,22)/t10-/m0/s1. The Hall–Kier alpha value is -1.65. The normalized spacial score (nSPS) is 18.8. The maximum absolute atomic E-state index is 12.1. The molecule has 140 valence electrons. The molecule has 1 aliphatic heterocycles. The average Bonchev–Trinajstić information content (AvgIpc) is 3.11. The van der Waals surface area contributed by atoms with Crippen molar-refractivity contribution < 1.29 is 13.2 Å². The van der Waals surface area contributed by atoms with Crippen molar-refractivity contribution in [3.05, 3.63) is 29.3 Å². The number of sulfone groups is 1. The number of amides is 1. The van der Waals surface area contributed by atoms with Crippen molar-refractivity contribution in [3.63, 3.8) is 0 Å². The van der Waals surface area contributed by atoms with Gasteiger partial charge in [-0.15, -0.1) is 10.2 Å². The third-order valence-corrected chi connectivity index (χ3v) is 7.25. The molecular formula is C15H18ClN5O3S2. The number of aromatic nitrogens is 4. The average molecular weight is 416 g/mol. The monoisotopic (exact) mass is 415 g/mol. The predicted molar refractivity (Wildman–Crippen MR) is 100 cm³/mol. The molecule has 26 heavy (non-hydrogen) atoms. The van der Waals surface area contributed by atoms with E-state index in [-0.39, 0.29) is 34.2 Å². The van der Waals surface area contributed by atoms with Gasteiger partial charge < -0.3 is 9.88 Å². The first-order valence-electron chi connectivity index (χ1n) is 7.96. The number of carbonyl (C=O) groups is 1. The fourth-order valence-electron chi connectivity index (χ4n) is 2.74. The van der Waals surface area contributed by atoms with Crippen LogP contribution in [0.5, 0.6) is 0 Å². The second-order valence-electron chi connectivity index (χ2n) is 6.11. The Bertz CT molecular complexity index is 916. The van der Waals surface area contributed by atoms with Crippen LogP contribution in [0.15, 0.2) is 23.5 Å². The molecule has 0 aliphatic carbocycles. The quantitative estimate of drug-likeness (QED) is 0.563. The van der Waals surface area contributed by atoms with Crippen molar-refractivity contribution in [1.82, 2.24) is 19.7 Å². The van der Waals surface area contributed by atoms with Crippen LogP contribution in [-0.2, 0) is 28.1 Å². The third-order valence-electron chi connectivity index (χ3n) is 4.09. The van der Waals surface area contributed by atoms with Crippen molar-refractivity contribution >= 4 is 44.8 Å². The van der Waals surface area contributed by atoms with Crippen molar-refractivity contribution in [1.29, 1.82) is 0 Å². The van der Waals surface area contributed by atoms with Crippen molar-refractivity contribution in [2.75, 3.05) is 22.6 Å². The van der Waals surface area contributed by atoms with Gasteiger partial charge >= 0.3 is 0 Å². The van der Waals surface area contributed by atoms with E-state index in [9.17, 15) is 13.2 Å². The van der Waals surface area contributed by atoms with Crippen LogP contribution >= 0.6 is 23.4 Å². The molecular weight excluding hydrogens is 398 g/mol. The zero-order valence-corrected chi connectivity index (χ0v) is 16.4. The minimum absolute atomic E-state index is 0.0803. The van der Waals surface area contributed by atoms with Crippen LogP contribution in [0.1, 0.15) is 12.2 Å². The minimum atomic E-state index is -2.91. The number of nitrogens with zero attached hydrogens (tertiary/aromatic N) is 4. The molecule has 0 spiro atoms. The van der Waals surface area contributed by atoms with Gasteiger partial charge in [-0.05, 0) is 24.5 Å². The van der Waals surface area contributed by atoms with Gasteiger partial charge in [0.2, 0.25) is 5.91 Å². The summed E-state index contributed by atoms with van der Waals surface area (Å²) in [6, 6.07) is 3.36. The maximum Gasteiger partial charge on any atom is 0.234 e. The number of carbonyl (C=O) groups excluding carboxylic acids is 1. The summed E-state index contributed by atoms with van der Waals surface area (Å²) < 4.78 is 24.9. The number of nitrogens with one attached hydrogen (secondary N) is 1. The van der Waals surface area contributed by atoms with Crippen LogP contribution in [0.3, 0.4) is 0 Å². The number of rotatable bonds is 6. The molecule has 1 atom stereocenters. The molecule has 1 fully saturated rings. The summed E-state index contributed by atoms with van der Waals surface area (Å²) in [5, 5.41) is 11.8. The highest BCUT2D eigenvalue weighted by atomic mass is 35.5. The Morgan fingerprint density at radius 1 is 1.46 bits per heavy atom. The summed E-state index contributed by atoms with van der Waals surface area (Å²) in [6.45, 7) is 0. The lowest BCUT2D eigenvalue weighted by molar-refractivity contribution is -0.113. The second-order valence-corrected chi connectivity index (χ2v) is 9.64. The SMILES string of the molecule is Cn1c(C[C@@H]2CCS(=O)(=O)C2)nnc1SCC(=O)Nc1cccnc1Cl. The molecule has 1 amide bonds. The van der Waals surface area contributed by atoms with Gasteiger partial charge in [-0.25, -0.2) is 13.4 Å². The van der Waals surface area contributed by atoms with Crippen LogP contribution in [0, 0.1) is 5.92 Å². The maximum atomic E-state index is 12.1. The minimum Gasteiger partial charge on any atom is -0.323 e. The zero-order chi connectivity index (χ0) is 18.7. The van der Waals surface area contributed by atoms with E-state index in [1.807, 2.05) is 7.05 Å². The molecule has 2 aromatic rings. The largest absolute Gasteiger partial charge is 0.323 e. The molecule has 0 radical (unpaired) electrons. The van der Waals surface area contributed by atoms with E-state index in [0.29, 0.717) is 23.7 Å².